The van der Waals surface area contributed by atoms with Gasteiger partial charge in [-0.3, -0.25) is 4.68 Å². The van der Waals surface area contributed by atoms with E-state index in [0.717, 1.165) is 41.4 Å². The summed E-state index contributed by atoms with van der Waals surface area (Å²) in [5.41, 5.74) is 3.05. The summed E-state index contributed by atoms with van der Waals surface area (Å²) in [4.78, 5) is 8.97. The first-order valence-electron chi connectivity index (χ1n) is 6.20. The lowest BCUT2D eigenvalue weighted by molar-refractivity contribution is 0.768. The number of anilines is 1. The predicted octanol–water partition coefficient (Wildman–Crippen LogP) is 2.32. The molecule has 1 N–H and O–H groups in total. The lowest BCUT2D eigenvalue weighted by Crippen LogP contribution is -2.07. The topological polar surface area (TPSA) is 55.6 Å². The van der Waals surface area contributed by atoms with Gasteiger partial charge in [-0.1, -0.05) is 6.92 Å². The van der Waals surface area contributed by atoms with Gasteiger partial charge < -0.3 is 5.32 Å². The largest absolute Gasteiger partial charge is 0.370 e. The molecule has 96 valence electrons. The molecule has 5 heteroatoms. The van der Waals surface area contributed by atoms with Crippen LogP contribution in [-0.2, 0) is 7.05 Å². The minimum atomic E-state index is 0.776. The summed E-state index contributed by atoms with van der Waals surface area (Å²) in [5, 5.41) is 7.53. The Morgan fingerprint density at radius 2 is 2.06 bits per heavy atom. The first-order valence-corrected chi connectivity index (χ1v) is 6.20. The van der Waals surface area contributed by atoms with Gasteiger partial charge in [0.15, 0.2) is 0 Å². The number of aryl methyl sites for hydroxylation is 2. The van der Waals surface area contributed by atoms with Crippen LogP contribution in [0.5, 0.6) is 0 Å². The molecule has 2 rings (SSSR count). The van der Waals surface area contributed by atoms with E-state index in [1.54, 1.807) is 4.68 Å². The molecule has 0 spiro atoms. The average Bonchev–Trinajstić information content (AvgIpc) is 2.76. The second-order valence-electron chi connectivity index (χ2n) is 4.42. The minimum absolute atomic E-state index is 0.776. The van der Waals surface area contributed by atoms with Crippen LogP contribution in [0.4, 0.5) is 5.82 Å². The molecular formula is C13H19N5. The van der Waals surface area contributed by atoms with Gasteiger partial charge in [-0.25, -0.2) is 9.97 Å². The molecule has 0 saturated heterocycles. The van der Waals surface area contributed by atoms with E-state index in [9.17, 15) is 0 Å². The summed E-state index contributed by atoms with van der Waals surface area (Å²) in [6.45, 7) is 7.01. The number of hydrogen-bond acceptors (Lipinski definition) is 4. The molecule has 2 heterocycles. The van der Waals surface area contributed by atoms with E-state index >= 15 is 0 Å². The smallest absolute Gasteiger partial charge is 0.133 e. The number of nitrogens with zero attached hydrogens (tertiary/aromatic N) is 4. The first kappa shape index (κ1) is 12.5. The Kier molecular flexibility index (Phi) is 3.60. The van der Waals surface area contributed by atoms with Gasteiger partial charge in [0.2, 0.25) is 0 Å². The van der Waals surface area contributed by atoms with Crippen molar-refractivity contribution in [3.63, 3.8) is 0 Å². The lowest BCUT2D eigenvalue weighted by Gasteiger charge is -2.11. The van der Waals surface area contributed by atoms with E-state index in [0.29, 0.717) is 0 Å². The first-order chi connectivity index (χ1) is 8.61. The summed E-state index contributed by atoms with van der Waals surface area (Å²) in [5.74, 6) is 1.70. The number of rotatable bonds is 4. The van der Waals surface area contributed by atoms with Gasteiger partial charge in [0.1, 0.15) is 11.6 Å². The van der Waals surface area contributed by atoms with E-state index in [4.69, 9.17) is 0 Å². The van der Waals surface area contributed by atoms with Gasteiger partial charge >= 0.3 is 0 Å². The fraction of sp³-hybridized carbons (Fsp3) is 0.462. The van der Waals surface area contributed by atoms with Crippen LogP contribution in [0.15, 0.2) is 12.4 Å². The molecule has 0 aromatic carbocycles. The Bertz CT molecular complexity index is 544. The molecule has 0 fully saturated rings. The van der Waals surface area contributed by atoms with Crippen molar-refractivity contribution in [3.8, 4) is 11.3 Å². The third-order valence-corrected chi connectivity index (χ3v) is 2.78. The van der Waals surface area contributed by atoms with Gasteiger partial charge in [-0.05, 0) is 20.3 Å². The molecule has 5 nitrogen and oxygen atoms in total. The van der Waals surface area contributed by atoms with Crippen LogP contribution in [-0.4, -0.2) is 26.3 Å². The Morgan fingerprint density at radius 1 is 1.28 bits per heavy atom. The fourth-order valence-electron chi connectivity index (χ4n) is 1.87. The molecule has 0 unspecified atom stereocenters. The molecule has 0 radical (unpaired) electrons. The zero-order chi connectivity index (χ0) is 13.1. The van der Waals surface area contributed by atoms with Gasteiger partial charge in [0, 0.05) is 30.9 Å². The maximum absolute atomic E-state index is 4.52. The summed E-state index contributed by atoms with van der Waals surface area (Å²) in [6, 6.07) is 0. The zero-order valence-corrected chi connectivity index (χ0v) is 11.4. The molecule has 0 aliphatic carbocycles. The minimum Gasteiger partial charge on any atom is -0.370 e. The van der Waals surface area contributed by atoms with E-state index in [-0.39, 0.29) is 0 Å². The highest BCUT2D eigenvalue weighted by molar-refractivity contribution is 5.67. The van der Waals surface area contributed by atoms with E-state index in [2.05, 4.69) is 27.3 Å². The summed E-state index contributed by atoms with van der Waals surface area (Å²) in [7, 11) is 1.91. The molecule has 0 bridgehead atoms. The second kappa shape index (κ2) is 5.16. The second-order valence-corrected chi connectivity index (χ2v) is 4.42. The van der Waals surface area contributed by atoms with Crippen LogP contribution >= 0.6 is 0 Å². The highest BCUT2D eigenvalue weighted by Gasteiger charge is 2.11. The van der Waals surface area contributed by atoms with Crippen LogP contribution in [0.3, 0.4) is 0 Å². The van der Waals surface area contributed by atoms with Gasteiger partial charge in [0.25, 0.3) is 0 Å². The summed E-state index contributed by atoms with van der Waals surface area (Å²) in [6.07, 6.45) is 4.88. The van der Waals surface area contributed by atoms with Crippen molar-refractivity contribution in [1.29, 1.82) is 0 Å². The number of hydrogen-bond donors (Lipinski definition) is 1. The summed E-state index contributed by atoms with van der Waals surface area (Å²) < 4.78 is 1.78. The van der Waals surface area contributed by atoms with Gasteiger partial charge in [-0.2, -0.15) is 5.10 Å². The standard InChI is InChI=1S/C13H19N5/c1-5-6-14-13-9(2)12(16-10(3)17-13)11-7-15-18(4)8-11/h7-8H,5-6H2,1-4H3,(H,14,16,17). The van der Waals surface area contributed by atoms with Gasteiger partial charge in [0.05, 0.1) is 11.9 Å². The zero-order valence-electron chi connectivity index (χ0n) is 11.4. The van der Waals surface area contributed by atoms with Crippen LogP contribution in [0, 0.1) is 13.8 Å². The van der Waals surface area contributed by atoms with Crippen molar-refractivity contribution in [2.75, 3.05) is 11.9 Å². The lowest BCUT2D eigenvalue weighted by atomic mass is 10.1. The molecule has 0 aliphatic rings. The number of nitrogens with one attached hydrogen (secondary N) is 1. The molecule has 0 amide bonds. The van der Waals surface area contributed by atoms with Crippen LogP contribution in [0.25, 0.3) is 11.3 Å². The van der Waals surface area contributed by atoms with E-state index < -0.39 is 0 Å². The summed E-state index contributed by atoms with van der Waals surface area (Å²) >= 11 is 0. The number of aromatic nitrogens is 4. The SMILES string of the molecule is CCCNc1nc(C)nc(-c2cnn(C)c2)c1C. The Morgan fingerprint density at radius 3 is 2.67 bits per heavy atom. The Hall–Kier alpha value is -1.91. The third-order valence-electron chi connectivity index (χ3n) is 2.78. The fourth-order valence-corrected chi connectivity index (χ4v) is 1.87. The normalized spacial score (nSPS) is 10.7. The molecule has 2 aromatic heterocycles. The molecule has 0 atom stereocenters. The molecule has 0 saturated carbocycles. The maximum Gasteiger partial charge on any atom is 0.133 e. The third kappa shape index (κ3) is 2.50. The van der Waals surface area contributed by atoms with Gasteiger partial charge in [-0.15, -0.1) is 0 Å². The quantitative estimate of drug-likeness (QED) is 0.898. The Balaban J connectivity index is 2.44. The van der Waals surface area contributed by atoms with Crippen molar-refractivity contribution in [2.45, 2.75) is 27.2 Å². The Labute approximate surface area is 107 Å². The predicted molar refractivity (Wildman–Crippen MR) is 72.5 cm³/mol. The van der Waals surface area contributed by atoms with Crippen molar-refractivity contribution < 1.29 is 0 Å². The molecule has 0 aliphatic heterocycles. The van der Waals surface area contributed by atoms with Crippen LogP contribution in [0.2, 0.25) is 0 Å². The molecule has 18 heavy (non-hydrogen) atoms. The monoisotopic (exact) mass is 245 g/mol. The molecule has 2 aromatic rings. The van der Waals surface area contributed by atoms with Crippen LogP contribution in [0.1, 0.15) is 24.7 Å². The average molecular weight is 245 g/mol. The van der Waals surface area contributed by atoms with Crippen LogP contribution < -0.4 is 5.32 Å². The molecular weight excluding hydrogens is 226 g/mol. The van der Waals surface area contributed by atoms with Crippen molar-refractivity contribution >= 4 is 5.82 Å². The maximum atomic E-state index is 4.52. The van der Waals surface area contributed by atoms with Crippen molar-refractivity contribution in [2.24, 2.45) is 7.05 Å². The van der Waals surface area contributed by atoms with Crippen molar-refractivity contribution in [1.82, 2.24) is 19.7 Å². The highest BCUT2D eigenvalue weighted by atomic mass is 15.2. The van der Waals surface area contributed by atoms with E-state index in [1.165, 1.54) is 0 Å². The van der Waals surface area contributed by atoms with Crippen molar-refractivity contribution in [3.05, 3.63) is 23.8 Å². The highest BCUT2D eigenvalue weighted by Crippen LogP contribution is 2.25. The van der Waals surface area contributed by atoms with E-state index in [1.807, 2.05) is 33.3 Å².